The standard InChI is InChI=1S/C16H21N3O4/c1-11-6-12(10-22-2)14(7-17)16(21)19(11)9-15(20)18-8-13-4-3-5-23-13/h6,13H,3-5,8-10H2,1-2H3,(H,18,20)/t13-/m0/s1. The second-order valence-corrected chi connectivity index (χ2v) is 5.56. The number of aryl methyl sites for hydroxylation is 1. The van der Waals surface area contributed by atoms with E-state index in [2.05, 4.69) is 5.32 Å². The lowest BCUT2D eigenvalue weighted by molar-refractivity contribution is -0.122. The molecule has 0 aromatic carbocycles. The summed E-state index contributed by atoms with van der Waals surface area (Å²) in [4.78, 5) is 24.4. The molecule has 1 aromatic heterocycles. The van der Waals surface area contributed by atoms with Crippen LogP contribution >= 0.6 is 0 Å². The van der Waals surface area contributed by atoms with Gasteiger partial charge in [0.2, 0.25) is 5.91 Å². The molecule has 1 aliphatic heterocycles. The van der Waals surface area contributed by atoms with Crippen molar-refractivity contribution in [2.45, 2.75) is 39.0 Å². The average molecular weight is 319 g/mol. The van der Waals surface area contributed by atoms with Gasteiger partial charge >= 0.3 is 0 Å². The summed E-state index contributed by atoms with van der Waals surface area (Å²) in [6.07, 6.45) is 1.99. The Balaban J connectivity index is 2.11. The SMILES string of the molecule is COCc1cc(C)n(CC(=O)NC[C@@H]2CCCO2)c(=O)c1C#N. The summed E-state index contributed by atoms with van der Waals surface area (Å²) in [5.74, 6) is -0.269. The van der Waals surface area contributed by atoms with Crippen molar-refractivity contribution in [1.29, 1.82) is 5.26 Å². The molecule has 0 aliphatic carbocycles. The number of rotatable bonds is 6. The second kappa shape index (κ2) is 7.90. The number of hydrogen-bond acceptors (Lipinski definition) is 5. The lowest BCUT2D eigenvalue weighted by Gasteiger charge is -2.14. The largest absolute Gasteiger partial charge is 0.380 e. The molecule has 1 N–H and O–H groups in total. The molecular weight excluding hydrogens is 298 g/mol. The zero-order chi connectivity index (χ0) is 16.8. The third kappa shape index (κ3) is 4.18. The molecule has 2 heterocycles. The van der Waals surface area contributed by atoms with Crippen LogP contribution in [0.5, 0.6) is 0 Å². The molecule has 1 amide bonds. The Bertz CT molecular complexity index is 669. The van der Waals surface area contributed by atoms with Gasteiger partial charge in [0.05, 0.1) is 12.7 Å². The number of nitrogens with one attached hydrogen (secondary N) is 1. The molecule has 0 radical (unpaired) electrons. The molecule has 1 saturated heterocycles. The maximum atomic E-state index is 12.4. The van der Waals surface area contributed by atoms with E-state index in [4.69, 9.17) is 9.47 Å². The van der Waals surface area contributed by atoms with Crippen LogP contribution in [0.2, 0.25) is 0 Å². The molecule has 1 fully saturated rings. The number of ether oxygens (including phenoxy) is 2. The minimum atomic E-state index is -0.466. The predicted molar refractivity (Wildman–Crippen MR) is 82.9 cm³/mol. The summed E-state index contributed by atoms with van der Waals surface area (Å²) in [6, 6.07) is 3.61. The normalized spacial score (nSPS) is 17.0. The number of aromatic nitrogens is 1. The predicted octanol–water partition coefficient (Wildman–Crippen LogP) is 0.470. The fourth-order valence-electron chi connectivity index (χ4n) is 2.65. The van der Waals surface area contributed by atoms with E-state index in [1.807, 2.05) is 6.07 Å². The van der Waals surface area contributed by atoms with Crippen LogP contribution in [-0.4, -0.2) is 36.8 Å². The van der Waals surface area contributed by atoms with Crippen molar-refractivity contribution in [3.05, 3.63) is 33.2 Å². The van der Waals surface area contributed by atoms with Crippen LogP contribution in [0.4, 0.5) is 0 Å². The van der Waals surface area contributed by atoms with Gasteiger partial charge in [-0.25, -0.2) is 0 Å². The quantitative estimate of drug-likeness (QED) is 0.822. The van der Waals surface area contributed by atoms with Crippen LogP contribution in [0.3, 0.4) is 0 Å². The number of nitriles is 1. The van der Waals surface area contributed by atoms with Gasteiger partial charge in [-0.1, -0.05) is 0 Å². The molecule has 2 rings (SSSR count). The molecular formula is C16H21N3O4. The Labute approximate surface area is 134 Å². The highest BCUT2D eigenvalue weighted by atomic mass is 16.5. The number of hydrogen-bond donors (Lipinski definition) is 1. The van der Waals surface area contributed by atoms with Crippen molar-refractivity contribution in [2.75, 3.05) is 20.3 Å². The summed E-state index contributed by atoms with van der Waals surface area (Å²) in [5.41, 5.74) is 0.707. The number of amides is 1. The highest BCUT2D eigenvalue weighted by Crippen LogP contribution is 2.11. The Morgan fingerprint density at radius 2 is 2.39 bits per heavy atom. The van der Waals surface area contributed by atoms with Gasteiger partial charge in [0.25, 0.3) is 5.56 Å². The van der Waals surface area contributed by atoms with Crippen LogP contribution in [0.15, 0.2) is 10.9 Å². The minimum absolute atomic E-state index is 0.0179. The van der Waals surface area contributed by atoms with Gasteiger partial charge < -0.3 is 19.4 Å². The van der Waals surface area contributed by atoms with Gasteiger partial charge in [-0.3, -0.25) is 9.59 Å². The number of methoxy groups -OCH3 is 1. The molecule has 124 valence electrons. The molecule has 7 heteroatoms. The van der Waals surface area contributed by atoms with Gasteiger partial charge in [0, 0.05) is 31.5 Å². The van der Waals surface area contributed by atoms with Crippen molar-refractivity contribution < 1.29 is 14.3 Å². The first kappa shape index (κ1) is 17.2. The maximum Gasteiger partial charge on any atom is 0.269 e. The molecule has 23 heavy (non-hydrogen) atoms. The van der Waals surface area contributed by atoms with E-state index in [1.165, 1.54) is 11.7 Å². The van der Waals surface area contributed by atoms with E-state index < -0.39 is 5.56 Å². The molecule has 0 unspecified atom stereocenters. The smallest absolute Gasteiger partial charge is 0.269 e. The number of pyridine rings is 1. The fraction of sp³-hybridized carbons (Fsp3) is 0.562. The molecule has 0 spiro atoms. The molecule has 1 aliphatic rings. The zero-order valence-electron chi connectivity index (χ0n) is 13.4. The van der Waals surface area contributed by atoms with Crippen molar-refractivity contribution in [2.24, 2.45) is 0 Å². The topological polar surface area (TPSA) is 93.3 Å². The molecule has 0 bridgehead atoms. The van der Waals surface area contributed by atoms with Gasteiger partial charge in [0.1, 0.15) is 18.2 Å². The van der Waals surface area contributed by atoms with Crippen LogP contribution < -0.4 is 10.9 Å². The van der Waals surface area contributed by atoms with Crippen LogP contribution in [0.25, 0.3) is 0 Å². The maximum absolute atomic E-state index is 12.4. The minimum Gasteiger partial charge on any atom is -0.380 e. The Morgan fingerprint density at radius 3 is 3.00 bits per heavy atom. The monoisotopic (exact) mass is 319 g/mol. The van der Waals surface area contributed by atoms with E-state index in [-0.39, 0.29) is 30.7 Å². The van der Waals surface area contributed by atoms with Crippen LogP contribution in [0, 0.1) is 18.3 Å². The highest BCUT2D eigenvalue weighted by molar-refractivity contribution is 5.75. The molecule has 0 saturated carbocycles. The van der Waals surface area contributed by atoms with Gasteiger partial charge in [-0.15, -0.1) is 0 Å². The Kier molecular flexibility index (Phi) is 5.90. The first-order valence-electron chi connectivity index (χ1n) is 7.57. The van der Waals surface area contributed by atoms with E-state index in [0.717, 1.165) is 19.4 Å². The summed E-state index contributed by atoms with van der Waals surface area (Å²) < 4.78 is 11.8. The third-order valence-electron chi connectivity index (χ3n) is 3.85. The van der Waals surface area contributed by atoms with Crippen LogP contribution in [-0.2, 0) is 27.4 Å². The average Bonchev–Trinajstić information content (AvgIpc) is 3.03. The van der Waals surface area contributed by atoms with E-state index >= 15 is 0 Å². The molecule has 1 aromatic rings. The lowest BCUT2D eigenvalue weighted by Crippen LogP contribution is -2.38. The Hall–Kier alpha value is -2.17. The Morgan fingerprint density at radius 1 is 1.61 bits per heavy atom. The van der Waals surface area contributed by atoms with E-state index in [0.29, 0.717) is 17.8 Å². The first-order valence-corrected chi connectivity index (χ1v) is 7.57. The number of carbonyl (C=O) groups is 1. The van der Waals surface area contributed by atoms with Crippen molar-refractivity contribution in [3.8, 4) is 6.07 Å². The van der Waals surface area contributed by atoms with Crippen molar-refractivity contribution in [1.82, 2.24) is 9.88 Å². The van der Waals surface area contributed by atoms with E-state index in [1.54, 1.807) is 13.0 Å². The number of carbonyl (C=O) groups excluding carboxylic acids is 1. The summed E-state index contributed by atoms with van der Waals surface area (Å²) in [5, 5.41) is 12.0. The third-order valence-corrected chi connectivity index (χ3v) is 3.85. The molecule has 1 atom stereocenters. The van der Waals surface area contributed by atoms with Gasteiger partial charge in [-0.05, 0) is 25.8 Å². The fourth-order valence-corrected chi connectivity index (χ4v) is 2.65. The van der Waals surface area contributed by atoms with Gasteiger partial charge in [0.15, 0.2) is 0 Å². The van der Waals surface area contributed by atoms with Crippen LogP contribution in [0.1, 0.15) is 29.7 Å². The second-order valence-electron chi connectivity index (χ2n) is 5.56. The van der Waals surface area contributed by atoms with Crippen molar-refractivity contribution in [3.63, 3.8) is 0 Å². The lowest BCUT2D eigenvalue weighted by atomic mass is 10.1. The molecule has 7 nitrogen and oxygen atoms in total. The summed E-state index contributed by atoms with van der Waals surface area (Å²) in [7, 11) is 1.50. The van der Waals surface area contributed by atoms with E-state index in [9.17, 15) is 14.9 Å². The van der Waals surface area contributed by atoms with Gasteiger partial charge in [-0.2, -0.15) is 5.26 Å². The highest BCUT2D eigenvalue weighted by Gasteiger charge is 2.18. The summed E-state index contributed by atoms with van der Waals surface area (Å²) >= 11 is 0. The van der Waals surface area contributed by atoms with Crippen molar-refractivity contribution >= 4 is 5.91 Å². The first-order chi connectivity index (χ1) is 11.1. The summed E-state index contributed by atoms with van der Waals surface area (Å²) in [6.45, 7) is 2.98. The number of nitrogens with zero attached hydrogens (tertiary/aromatic N) is 2. The zero-order valence-corrected chi connectivity index (χ0v) is 13.4.